The van der Waals surface area contributed by atoms with Crippen LogP contribution < -0.4 is 15.8 Å². The molecule has 84 valence electrons. The lowest BCUT2D eigenvalue weighted by atomic mass is 10.3. The third-order valence-corrected chi connectivity index (χ3v) is 1.87. The zero-order chi connectivity index (χ0) is 11.8. The molecule has 0 unspecified atom stereocenters. The first kappa shape index (κ1) is 11.9. The Morgan fingerprint density at radius 3 is 2.69 bits per heavy atom. The number of rotatable bonds is 3. The number of benzene rings is 1. The highest BCUT2D eigenvalue weighted by atomic mass is 16.5. The lowest BCUT2D eigenvalue weighted by Crippen LogP contribution is -2.22. The lowest BCUT2D eigenvalue weighted by Gasteiger charge is -2.05. The molecular formula is C12H15N3O. The van der Waals surface area contributed by atoms with Crippen LogP contribution in [-0.2, 0) is 0 Å². The van der Waals surface area contributed by atoms with Crippen LogP contribution in [0.25, 0.3) is 0 Å². The van der Waals surface area contributed by atoms with Crippen molar-refractivity contribution in [3.8, 4) is 17.6 Å². The van der Waals surface area contributed by atoms with Crippen molar-refractivity contribution in [1.82, 2.24) is 0 Å². The van der Waals surface area contributed by atoms with Gasteiger partial charge in [0.15, 0.2) is 5.96 Å². The van der Waals surface area contributed by atoms with Crippen LogP contribution in [0.2, 0.25) is 0 Å². The maximum atomic E-state index is 5.66. The topological polar surface area (TPSA) is 59.6 Å². The molecular weight excluding hydrogens is 202 g/mol. The van der Waals surface area contributed by atoms with E-state index in [1.54, 1.807) is 14.0 Å². The van der Waals surface area contributed by atoms with E-state index in [2.05, 4.69) is 22.2 Å². The highest BCUT2D eigenvalue weighted by Gasteiger charge is 1.95. The molecule has 4 nitrogen and oxygen atoms in total. The molecule has 1 rings (SSSR count). The zero-order valence-electron chi connectivity index (χ0n) is 9.45. The van der Waals surface area contributed by atoms with Gasteiger partial charge in [0.25, 0.3) is 0 Å². The fourth-order valence-corrected chi connectivity index (χ4v) is 1.07. The number of nitrogens with zero attached hydrogens (tertiary/aromatic N) is 1. The highest BCUT2D eigenvalue weighted by Crippen LogP contribution is 2.14. The highest BCUT2D eigenvalue weighted by molar-refractivity contribution is 5.92. The van der Waals surface area contributed by atoms with Crippen molar-refractivity contribution < 1.29 is 4.74 Å². The van der Waals surface area contributed by atoms with E-state index in [1.807, 2.05) is 24.3 Å². The predicted molar refractivity (Wildman–Crippen MR) is 66.6 cm³/mol. The summed E-state index contributed by atoms with van der Waals surface area (Å²) in [5.41, 5.74) is 6.52. The average molecular weight is 217 g/mol. The molecule has 3 N–H and O–H groups in total. The summed E-state index contributed by atoms with van der Waals surface area (Å²) < 4.78 is 5.05. The molecule has 1 aromatic carbocycles. The van der Waals surface area contributed by atoms with E-state index in [0.29, 0.717) is 12.5 Å². The Kier molecular flexibility index (Phi) is 4.74. The molecule has 0 aliphatic carbocycles. The summed E-state index contributed by atoms with van der Waals surface area (Å²) in [5.74, 6) is 6.71. The van der Waals surface area contributed by atoms with Crippen LogP contribution in [0.3, 0.4) is 0 Å². The average Bonchev–Trinajstić information content (AvgIpc) is 2.30. The van der Waals surface area contributed by atoms with Crippen LogP contribution in [0.5, 0.6) is 5.75 Å². The minimum atomic E-state index is 0.355. The summed E-state index contributed by atoms with van der Waals surface area (Å²) in [6, 6.07) is 7.43. The summed E-state index contributed by atoms with van der Waals surface area (Å²) in [5, 5.41) is 2.96. The first-order valence-electron chi connectivity index (χ1n) is 4.87. The summed E-state index contributed by atoms with van der Waals surface area (Å²) in [6.45, 7) is 2.17. The molecule has 0 radical (unpaired) electrons. The number of guanidine groups is 1. The van der Waals surface area contributed by atoms with Gasteiger partial charge in [-0.1, -0.05) is 5.92 Å². The minimum Gasteiger partial charge on any atom is -0.497 e. The molecule has 0 saturated carbocycles. The number of nitrogens with one attached hydrogen (secondary N) is 1. The zero-order valence-corrected chi connectivity index (χ0v) is 9.45. The smallest absolute Gasteiger partial charge is 0.194 e. The molecule has 0 aliphatic rings. The third-order valence-electron chi connectivity index (χ3n) is 1.87. The van der Waals surface area contributed by atoms with Crippen LogP contribution in [0.4, 0.5) is 5.69 Å². The summed E-state index contributed by atoms with van der Waals surface area (Å²) in [6.07, 6.45) is 0. The monoisotopic (exact) mass is 217 g/mol. The van der Waals surface area contributed by atoms with Gasteiger partial charge in [-0.2, -0.15) is 0 Å². The second kappa shape index (κ2) is 6.36. The minimum absolute atomic E-state index is 0.355. The van der Waals surface area contributed by atoms with Crippen molar-refractivity contribution in [3.63, 3.8) is 0 Å². The molecule has 16 heavy (non-hydrogen) atoms. The van der Waals surface area contributed by atoms with E-state index in [4.69, 9.17) is 10.5 Å². The molecule has 0 heterocycles. The van der Waals surface area contributed by atoms with Gasteiger partial charge in [0.2, 0.25) is 0 Å². The molecule has 0 fully saturated rings. The molecule has 0 aromatic heterocycles. The Hall–Kier alpha value is -2.15. The van der Waals surface area contributed by atoms with E-state index < -0.39 is 0 Å². The maximum absolute atomic E-state index is 5.66. The van der Waals surface area contributed by atoms with E-state index in [1.165, 1.54) is 0 Å². The Balaban J connectivity index is 2.57. The maximum Gasteiger partial charge on any atom is 0.194 e. The van der Waals surface area contributed by atoms with Crippen molar-refractivity contribution in [2.75, 3.05) is 19.0 Å². The number of methoxy groups -OCH3 is 1. The van der Waals surface area contributed by atoms with E-state index >= 15 is 0 Å². The second-order valence-corrected chi connectivity index (χ2v) is 2.98. The summed E-state index contributed by atoms with van der Waals surface area (Å²) in [7, 11) is 1.63. The van der Waals surface area contributed by atoms with Gasteiger partial charge < -0.3 is 15.8 Å². The lowest BCUT2D eigenvalue weighted by molar-refractivity contribution is 0.415. The van der Waals surface area contributed by atoms with Gasteiger partial charge in [-0.3, -0.25) is 0 Å². The fraction of sp³-hybridized carbons (Fsp3) is 0.250. The van der Waals surface area contributed by atoms with Gasteiger partial charge in [-0.15, -0.1) is 5.92 Å². The van der Waals surface area contributed by atoms with Gasteiger partial charge in [0.05, 0.1) is 7.11 Å². The molecule has 0 amide bonds. The quantitative estimate of drug-likeness (QED) is 0.457. The molecule has 0 saturated heterocycles. The molecule has 0 aliphatic heterocycles. The summed E-state index contributed by atoms with van der Waals surface area (Å²) >= 11 is 0. The molecule has 0 spiro atoms. The van der Waals surface area contributed by atoms with Gasteiger partial charge in [-0.05, 0) is 31.2 Å². The first-order chi connectivity index (χ1) is 7.76. The molecule has 0 bridgehead atoms. The fourth-order valence-electron chi connectivity index (χ4n) is 1.07. The molecule has 0 atom stereocenters. The van der Waals surface area contributed by atoms with E-state index in [9.17, 15) is 0 Å². The molecule has 1 aromatic rings. The van der Waals surface area contributed by atoms with Gasteiger partial charge in [0.1, 0.15) is 12.3 Å². The van der Waals surface area contributed by atoms with Crippen LogP contribution >= 0.6 is 0 Å². The number of aliphatic imine (C=N–C) groups is 1. The normalized spacial score (nSPS) is 10.2. The Morgan fingerprint density at radius 2 is 2.12 bits per heavy atom. The second-order valence-electron chi connectivity index (χ2n) is 2.98. The first-order valence-corrected chi connectivity index (χ1v) is 4.87. The third kappa shape index (κ3) is 3.93. The van der Waals surface area contributed by atoms with Crippen molar-refractivity contribution in [1.29, 1.82) is 0 Å². The van der Waals surface area contributed by atoms with Crippen molar-refractivity contribution >= 4 is 11.6 Å². The SMILES string of the molecule is CC#CCN=C(N)Nc1ccc(OC)cc1. The number of hydrogen-bond acceptors (Lipinski definition) is 2. The number of hydrogen-bond donors (Lipinski definition) is 2. The van der Waals surface area contributed by atoms with E-state index in [-0.39, 0.29) is 0 Å². The largest absolute Gasteiger partial charge is 0.497 e. The Labute approximate surface area is 95.5 Å². The van der Waals surface area contributed by atoms with E-state index in [0.717, 1.165) is 11.4 Å². The van der Waals surface area contributed by atoms with Crippen molar-refractivity contribution in [2.24, 2.45) is 10.7 Å². The predicted octanol–water partition coefficient (Wildman–Crippen LogP) is 1.45. The number of ether oxygens (including phenoxy) is 1. The Bertz CT molecular complexity index is 412. The van der Waals surface area contributed by atoms with Crippen molar-refractivity contribution in [3.05, 3.63) is 24.3 Å². The van der Waals surface area contributed by atoms with Gasteiger partial charge in [0, 0.05) is 5.69 Å². The number of anilines is 1. The standard InChI is InChI=1S/C12H15N3O/c1-3-4-9-14-12(13)15-10-5-7-11(16-2)8-6-10/h5-8H,9H2,1-2H3,(H3,13,14,15). The summed E-state index contributed by atoms with van der Waals surface area (Å²) in [4.78, 5) is 4.03. The van der Waals surface area contributed by atoms with Crippen LogP contribution in [0.15, 0.2) is 29.3 Å². The van der Waals surface area contributed by atoms with Crippen molar-refractivity contribution in [2.45, 2.75) is 6.92 Å². The Morgan fingerprint density at radius 1 is 1.44 bits per heavy atom. The van der Waals surface area contributed by atoms with Crippen LogP contribution in [0, 0.1) is 11.8 Å². The number of nitrogens with two attached hydrogens (primary N) is 1. The van der Waals surface area contributed by atoms with Crippen LogP contribution in [0.1, 0.15) is 6.92 Å². The van der Waals surface area contributed by atoms with Gasteiger partial charge in [-0.25, -0.2) is 4.99 Å². The van der Waals surface area contributed by atoms with Gasteiger partial charge >= 0.3 is 0 Å². The molecule has 4 heteroatoms. The van der Waals surface area contributed by atoms with Crippen LogP contribution in [-0.4, -0.2) is 19.6 Å².